The minimum absolute atomic E-state index is 0.827. The highest BCUT2D eigenvalue weighted by Crippen LogP contribution is 2.51. The lowest BCUT2D eigenvalue weighted by Crippen LogP contribution is -2.26. The fourth-order valence-electron chi connectivity index (χ4n) is 17.2. The van der Waals surface area contributed by atoms with E-state index < -0.39 is 14.3 Å². The van der Waals surface area contributed by atoms with Crippen LogP contribution in [-0.4, -0.2) is 18.8 Å². The van der Waals surface area contributed by atoms with Crippen LogP contribution in [0.1, 0.15) is 0 Å². The number of para-hydroxylation sites is 2. The van der Waals surface area contributed by atoms with Crippen molar-refractivity contribution >= 4 is 187 Å². The molecular formula is C98H62N4O2P2. The second-order valence-electron chi connectivity index (χ2n) is 27.7. The summed E-state index contributed by atoms with van der Waals surface area (Å²) in [5.74, 6) is 0. The summed E-state index contributed by atoms with van der Waals surface area (Å²) in [6, 6.07) is 131. The third kappa shape index (κ3) is 9.38. The van der Waals surface area contributed by atoms with Crippen molar-refractivity contribution in [1.82, 2.24) is 18.8 Å². The maximum atomic E-state index is 16.1. The van der Waals surface area contributed by atoms with Crippen molar-refractivity contribution in [3.63, 3.8) is 0 Å². The number of fused-ring (bicyclic) bond motifs is 25. The van der Waals surface area contributed by atoms with Gasteiger partial charge in [-0.2, -0.15) is 0 Å². The van der Waals surface area contributed by atoms with Crippen molar-refractivity contribution in [2.75, 3.05) is 0 Å². The molecule has 496 valence electrons. The summed E-state index contributed by atoms with van der Waals surface area (Å²) in [6.07, 6.45) is 0. The van der Waals surface area contributed by atoms with Gasteiger partial charge in [0.2, 0.25) is 0 Å². The van der Waals surface area contributed by atoms with E-state index in [1.54, 1.807) is 0 Å². The van der Waals surface area contributed by atoms with E-state index in [-0.39, 0.29) is 0 Å². The first-order valence-electron chi connectivity index (χ1n) is 36.0. The number of pyridine rings is 2. The van der Waals surface area contributed by atoms with Crippen LogP contribution in [0.2, 0.25) is 0 Å². The summed E-state index contributed by atoms with van der Waals surface area (Å²) in [5.41, 5.74) is 13.0. The molecule has 0 aliphatic heterocycles. The smallest absolute Gasteiger partial charge is 0.172 e. The summed E-state index contributed by atoms with van der Waals surface area (Å²) in [5, 5.41) is 25.7. The fraction of sp³-hybridized carbons (Fsp3) is 0. The molecule has 0 radical (unpaired) electrons. The molecule has 0 N–H and O–H groups in total. The predicted molar refractivity (Wildman–Crippen MR) is 450 cm³/mol. The first-order valence-corrected chi connectivity index (χ1v) is 39.4. The van der Waals surface area contributed by atoms with Gasteiger partial charge in [-0.25, -0.2) is 9.97 Å². The molecule has 0 saturated heterocycles. The molecule has 0 aliphatic carbocycles. The van der Waals surface area contributed by atoms with Gasteiger partial charge in [0, 0.05) is 64.1 Å². The maximum absolute atomic E-state index is 16.1. The van der Waals surface area contributed by atoms with Gasteiger partial charge in [-0.15, -0.1) is 0 Å². The third-order valence-electron chi connectivity index (χ3n) is 22.0. The van der Waals surface area contributed by atoms with Crippen LogP contribution in [0, 0.1) is 0 Å². The first kappa shape index (κ1) is 61.6. The van der Waals surface area contributed by atoms with Gasteiger partial charge in [-0.05, 0) is 129 Å². The van der Waals surface area contributed by atoms with Crippen LogP contribution in [0.3, 0.4) is 0 Å². The molecule has 6 nitrogen and oxygen atoms in total. The Morgan fingerprint density at radius 1 is 0.217 bits per heavy atom. The summed E-state index contributed by atoms with van der Waals surface area (Å²) < 4.78 is 35.9. The van der Waals surface area contributed by atoms with Gasteiger partial charge in [0.1, 0.15) is 11.3 Å². The molecule has 0 saturated carbocycles. The molecule has 0 spiro atoms. The quantitative estimate of drug-likeness (QED) is 0.0864. The monoisotopic (exact) mass is 1390 g/mol. The third-order valence-corrected chi connectivity index (χ3v) is 28.2. The van der Waals surface area contributed by atoms with Gasteiger partial charge in [0.25, 0.3) is 0 Å². The standard InChI is InChI=1S/2C49H31N2OP/c52-53(34-16-3-1-4-17-34,35-18-5-2-6-19-35)48-41-24-12-10-22-38(41)46(39-23-11-13-25-42(39)48)33-28-30-44-45(31-33)51-47-36-20-8-7-15-32(36)27-29-40(47)37-21-9-14-26-43(37)49(51)50-44;52-53(37-11-3-1-4-12-37,38-13-5-2-6-14-38)39-24-28-41-36(31-39)20-19-34-29-32(21-25-40(34)41)33-22-26-42-35(30-33)23-27-44-43-15-7-8-16-45(43)49-50-46-17-9-10-18-47(46)51(49)48(42)44/h2*1-31H. The second kappa shape index (κ2) is 24.3. The zero-order chi connectivity index (χ0) is 70.2. The number of benzene rings is 18. The minimum atomic E-state index is -3.33. The molecule has 18 aromatic carbocycles. The number of nitrogens with zero attached hydrogens (tertiary/aromatic N) is 4. The number of hydrogen-bond acceptors (Lipinski definition) is 4. The lowest BCUT2D eigenvalue weighted by Gasteiger charge is -2.25. The van der Waals surface area contributed by atoms with E-state index in [9.17, 15) is 0 Å². The Labute approximate surface area is 609 Å². The van der Waals surface area contributed by atoms with Crippen LogP contribution < -0.4 is 31.8 Å². The lowest BCUT2D eigenvalue weighted by atomic mass is 9.91. The molecule has 0 aliphatic rings. The Morgan fingerprint density at radius 3 is 1.14 bits per heavy atom. The van der Waals surface area contributed by atoms with Crippen molar-refractivity contribution in [3.05, 3.63) is 376 Å². The summed E-state index contributed by atoms with van der Waals surface area (Å²) in [4.78, 5) is 10.4. The fourth-order valence-corrected chi connectivity index (χ4v) is 22.9. The Balaban J connectivity index is 0.000000136. The van der Waals surface area contributed by atoms with E-state index in [1.165, 1.54) is 70.5 Å². The van der Waals surface area contributed by atoms with Crippen molar-refractivity contribution in [2.45, 2.75) is 0 Å². The van der Waals surface area contributed by atoms with Gasteiger partial charge >= 0.3 is 0 Å². The highest BCUT2D eigenvalue weighted by Gasteiger charge is 2.35. The molecular weight excluding hydrogens is 1330 g/mol. The predicted octanol–water partition coefficient (Wildman–Crippen LogP) is 23.1. The molecule has 0 atom stereocenters. The SMILES string of the molecule is O=P(c1ccccc1)(c1ccccc1)c1c2ccccc2c(-c2ccc3nc4c5ccccc5c5ccc6ccccc6c5n4c3c2)c2ccccc12.O=P(c1ccccc1)(c1ccccc1)c1ccc2c(ccc3cc(-c4ccc5c(ccc6c7ccccc7c7nc8ccccc8n7c56)c4)ccc32)c1. The molecule has 0 unspecified atom stereocenters. The number of rotatable bonds is 8. The van der Waals surface area contributed by atoms with Crippen LogP contribution in [-0.2, 0) is 9.13 Å². The van der Waals surface area contributed by atoms with Gasteiger partial charge in [0.15, 0.2) is 14.3 Å². The van der Waals surface area contributed by atoms with Crippen LogP contribution >= 0.6 is 14.3 Å². The van der Waals surface area contributed by atoms with Crippen LogP contribution in [0.5, 0.6) is 0 Å². The highest BCUT2D eigenvalue weighted by atomic mass is 31.2. The average molecular weight is 1390 g/mol. The molecule has 4 heterocycles. The number of hydrogen-bond donors (Lipinski definition) is 0. The number of imidazole rings is 2. The van der Waals surface area contributed by atoms with Crippen molar-refractivity contribution in [1.29, 1.82) is 0 Å². The van der Waals surface area contributed by atoms with Crippen molar-refractivity contribution in [3.8, 4) is 22.3 Å². The van der Waals surface area contributed by atoms with Gasteiger partial charge in [-0.1, -0.05) is 334 Å². The molecule has 0 bridgehead atoms. The summed E-state index contributed by atoms with van der Waals surface area (Å²) in [7, 11) is -6.39. The maximum Gasteiger partial charge on any atom is 0.172 e. The molecule has 8 heteroatoms. The summed E-state index contributed by atoms with van der Waals surface area (Å²) in [6.45, 7) is 0. The van der Waals surface area contributed by atoms with E-state index >= 15 is 9.13 Å². The number of aromatic nitrogens is 4. The van der Waals surface area contributed by atoms with Crippen LogP contribution in [0.15, 0.2) is 376 Å². The molecule has 0 amide bonds. The second-order valence-corrected chi connectivity index (χ2v) is 33.2. The minimum Gasteiger partial charge on any atom is -0.309 e. The van der Waals surface area contributed by atoms with E-state index in [2.05, 4.69) is 264 Å². The van der Waals surface area contributed by atoms with Gasteiger partial charge < -0.3 is 9.13 Å². The topological polar surface area (TPSA) is 68.7 Å². The van der Waals surface area contributed by atoms with Crippen molar-refractivity contribution < 1.29 is 9.13 Å². The average Bonchev–Trinajstić information content (AvgIpc) is 1.70. The molecule has 4 aromatic heterocycles. The Kier molecular flexibility index (Phi) is 14.1. The molecule has 22 aromatic rings. The first-order chi connectivity index (χ1) is 52.3. The van der Waals surface area contributed by atoms with Gasteiger partial charge in [-0.3, -0.25) is 8.80 Å². The normalized spacial score (nSPS) is 12.2. The van der Waals surface area contributed by atoms with E-state index in [0.717, 1.165) is 125 Å². The van der Waals surface area contributed by atoms with Crippen molar-refractivity contribution in [2.24, 2.45) is 0 Å². The molecule has 106 heavy (non-hydrogen) atoms. The Morgan fingerprint density at radius 2 is 0.585 bits per heavy atom. The Hall–Kier alpha value is -13.1. The zero-order valence-corrected chi connectivity index (χ0v) is 59.1. The van der Waals surface area contributed by atoms with E-state index in [4.69, 9.17) is 9.97 Å². The van der Waals surface area contributed by atoms with Gasteiger partial charge in [0.05, 0.1) is 33.1 Å². The van der Waals surface area contributed by atoms with E-state index in [1.807, 2.05) is 121 Å². The van der Waals surface area contributed by atoms with E-state index in [0.29, 0.717) is 0 Å². The largest absolute Gasteiger partial charge is 0.309 e. The lowest BCUT2D eigenvalue weighted by molar-refractivity contribution is 0.592. The van der Waals surface area contributed by atoms with Crippen LogP contribution in [0.25, 0.3) is 164 Å². The highest BCUT2D eigenvalue weighted by molar-refractivity contribution is 7.86. The molecule has 0 fully saturated rings. The zero-order valence-electron chi connectivity index (χ0n) is 57.3. The summed E-state index contributed by atoms with van der Waals surface area (Å²) >= 11 is 0. The van der Waals surface area contributed by atoms with Crippen LogP contribution in [0.4, 0.5) is 0 Å². The Bertz CT molecular complexity index is 7380. The molecule has 22 rings (SSSR count).